The molecule has 0 atom stereocenters. The van der Waals surface area contributed by atoms with Crippen LogP contribution in [0.3, 0.4) is 0 Å². The number of furan rings is 1. The molecule has 2 aromatic heterocycles. The van der Waals surface area contributed by atoms with Crippen molar-refractivity contribution in [2.24, 2.45) is 0 Å². The molecular weight excluding hydrogens is 556 g/mol. The molecule has 4 aromatic rings. The van der Waals surface area contributed by atoms with Gasteiger partial charge in [-0.25, -0.2) is 8.78 Å². The van der Waals surface area contributed by atoms with Crippen LogP contribution in [0, 0.1) is 23.0 Å². The van der Waals surface area contributed by atoms with E-state index in [-0.39, 0.29) is 27.5 Å². The average molecular weight is 570 g/mol. The van der Waals surface area contributed by atoms with E-state index in [9.17, 15) is 45.2 Å². The normalized spacial score (nSPS) is 12.0. The van der Waals surface area contributed by atoms with Gasteiger partial charge >= 0.3 is 12.4 Å². The van der Waals surface area contributed by atoms with Crippen molar-refractivity contribution < 1.29 is 39.5 Å². The van der Waals surface area contributed by atoms with Crippen molar-refractivity contribution in [1.82, 2.24) is 4.57 Å². The predicted octanol–water partition coefficient (Wildman–Crippen LogP) is 7.73. The first-order chi connectivity index (χ1) is 18.2. The fourth-order valence-corrected chi connectivity index (χ4v) is 4.47. The van der Waals surface area contributed by atoms with Gasteiger partial charge in [0, 0.05) is 22.1 Å². The molecule has 4 nitrogen and oxygen atoms in total. The summed E-state index contributed by atoms with van der Waals surface area (Å²) in [7, 11) is 0. The summed E-state index contributed by atoms with van der Waals surface area (Å²) < 4.78 is 116. The molecule has 39 heavy (non-hydrogen) atoms. The smallest absolute Gasteiger partial charge is 0.417 e. The van der Waals surface area contributed by atoms with E-state index >= 15 is 0 Å². The summed E-state index contributed by atoms with van der Waals surface area (Å²) in [6, 6.07) is 9.71. The SMILES string of the molecule is CSc1ccc(-c2ccc(-c3cc(C(F)(F)F)c(C#N)c(=O)n3Cc3ccc(F)cc3F)o2)cc1C(F)(F)F. The van der Waals surface area contributed by atoms with Crippen LogP contribution in [0.4, 0.5) is 35.1 Å². The summed E-state index contributed by atoms with van der Waals surface area (Å²) in [5.74, 6) is -2.56. The number of rotatable bonds is 5. The molecule has 0 N–H and O–H groups in total. The van der Waals surface area contributed by atoms with Crippen LogP contribution in [-0.4, -0.2) is 10.8 Å². The molecule has 0 bridgehead atoms. The van der Waals surface area contributed by atoms with E-state index in [4.69, 9.17) is 4.42 Å². The Kier molecular flexibility index (Phi) is 7.36. The molecule has 0 spiro atoms. The molecule has 0 saturated heterocycles. The van der Waals surface area contributed by atoms with Crippen LogP contribution >= 0.6 is 11.8 Å². The third kappa shape index (κ3) is 5.56. The first-order valence-corrected chi connectivity index (χ1v) is 12.0. The Labute approximate surface area is 219 Å². The maximum atomic E-state index is 14.4. The second kappa shape index (κ2) is 10.3. The number of alkyl halides is 6. The molecule has 0 saturated carbocycles. The molecule has 0 aliphatic heterocycles. The van der Waals surface area contributed by atoms with Gasteiger partial charge in [0.2, 0.25) is 0 Å². The summed E-state index contributed by atoms with van der Waals surface area (Å²) in [5.41, 5.74) is -6.07. The minimum Gasteiger partial charge on any atom is -0.455 e. The van der Waals surface area contributed by atoms with Gasteiger partial charge in [0.15, 0.2) is 5.76 Å². The van der Waals surface area contributed by atoms with Crippen LogP contribution in [0.25, 0.3) is 22.8 Å². The van der Waals surface area contributed by atoms with Gasteiger partial charge in [0.25, 0.3) is 5.56 Å². The van der Waals surface area contributed by atoms with Crippen LogP contribution in [-0.2, 0) is 18.9 Å². The Balaban J connectivity index is 1.92. The van der Waals surface area contributed by atoms with E-state index in [1.54, 1.807) is 0 Å². The monoisotopic (exact) mass is 570 g/mol. The Morgan fingerprint density at radius 2 is 1.56 bits per heavy atom. The number of aromatic nitrogens is 1. The highest BCUT2D eigenvalue weighted by Crippen LogP contribution is 2.40. The second-order valence-electron chi connectivity index (χ2n) is 8.13. The van der Waals surface area contributed by atoms with Gasteiger partial charge in [-0.2, -0.15) is 31.6 Å². The summed E-state index contributed by atoms with van der Waals surface area (Å²) >= 11 is 0.866. The maximum Gasteiger partial charge on any atom is 0.417 e. The van der Waals surface area contributed by atoms with E-state index in [0.717, 1.165) is 36.0 Å². The predicted molar refractivity (Wildman–Crippen MR) is 126 cm³/mol. The van der Waals surface area contributed by atoms with Gasteiger partial charge in [-0.05, 0) is 42.7 Å². The molecule has 2 aromatic carbocycles. The second-order valence-corrected chi connectivity index (χ2v) is 8.98. The number of hydrogen-bond donors (Lipinski definition) is 0. The van der Waals surface area contributed by atoms with Gasteiger partial charge in [0.1, 0.15) is 29.0 Å². The van der Waals surface area contributed by atoms with Crippen LogP contribution in [0.15, 0.2) is 68.7 Å². The number of hydrogen-bond acceptors (Lipinski definition) is 4. The van der Waals surface area contributed by atoms with Crippen LogP contribution in [0.1, 0.15) is 22.3 Å². The Morgan fingerprint density at radius 1 is 0.897 bits per heavy atom. The van der Waals surface area contributed by atoms with E-state index in [2.05, 4.69) is 0 Å². The zero-order valence-corrected chi connectivity index (χ0v) is 20.4. The van der Waals surface area contributed by atoms with Crippen LogP contribution in [0.2, 0.25) is 0 Å². The minimum atomic E-state index is -5.14. The molecule has 0 aliphatic rings. The van der Waals surface area contributed by atoms with Gasteiger partial charge in [-0.1, -0.05) is 12.1 Å². The third-order valence-electron chi connectivity index (χ3n) is 5.71. The van der Waals surface area contributed by atoms with Gasteiger partial charge in [0.05, 0.1) is 23.4 Å². The molecule has 0 amide bonds. The molecule has 202 valence electrons. The van der Waals surface area contributed by atoms with Gasteiger partial charge < -0.3 is 4.42 Å². The number of thioether (sulfide) groups is 1. The average Bonchev–Trinajstić information content (AvgIpc) is 3.35. The van der Waals surface area contributed by atoms with E-state index < -0.39 is 58.5 Å². The van der Waals surface area contributed by atoms with Crippen molar-refractivity contribution in [3.63, 3.8) is 0 Å². The molecule has 0 radical (unpaired) electrons. The molecule has 0 unspecified atom stereocenters. The van der Waals surface area contributed by atoms with Crippen LogP contribution in [0.5, 0.6) is 0 Å². The largest absolute Gasteiger partial charge is 0.455 e. The third-order valence-corrected chi connectivity index (χ3v) is 6.50. The minimum absolute atomic E-state index is 0.0467. The lowest BCUT2D eigenvalue weighted by Crippen LogP contribution is -2.29. The standard InChI is InChI=1S/C26H14F8N2O2S/c1-39-23-7-3-13(8-18(23)26(32,33)34)21-5-6-22(38-21)20-10-17(25(29,30)31)16(11-35)24(37)36(20)12-14-2-4-15(27)9-19(14)28/h2-10H,12H2,1H3. The lowest BCUT2D eigenvalue weighted by molar-refractivity contribution is -0.140. The van der Waals surface area contributed by atoms with E-state index in [0.29, 0.717) is 16.7 Å². The van der Waals surface area contributed by atoms with Crippen molar-refractivity contribution in [2.45, 2.75) is 23.8 Å². The number of nitriles is 1. The number of pyridine rings is 1. The molecule has 4 rings (SSSR count). The Bertz CT molecular complexity index is 1660. The van der Waals surface area contributed by atoms with Crippen molar-refractivity contribution >= 4 is 11.8 Å². The fraction of sp³-hybridized carbons (Fsp3) is 0.154. The number of halogens is 8. The highest BCUT2D eigenvalue weighted by molar-refractivity contribution is 7.98. The number of nitrogens with zero attached hydrogens (tertiary/aromatic N) is 2. The van der Waals surface area contributed by atoms with E-state index in [1.807, 2.05) is 0 Å². The summed E-state index contributed by atoms with van der Waals surface area (Å²) in [4.78, 5) is 13.0. The van der Waals surface area contributed by atoms with Crippen molar-refractivity contribution in [3.05, 3.63) is 98.8 Å². The van der Waals surface area contributed by atoms with Gasteiger partial charge in [-0.3, -0.25) is 9.36 Å². The molecule has 13 heteroatoms. The van der Waals surface area contributed by atoms with Crippen molar-refractivity contribution in [3.8, 4) is 28.8 Å². The first kappa shape index (κ1) is 28.0. The summed E-state index contributed by atoms with van der Waals surface area (Å²) in [6.45, 7) is -0.705. The van der Waals surface area contributed by atoms with Crippen molar-refractivity contribution in [1.29, 1.82) is 5.26 Å². The first-order valence-electron chi connectivity index (χ1n) is 10.8. The molecule has 2 heterocycles. The van der Waals surface area contributed by atoms with Gasteiger partial charge in [-0.15, -0.1) is 11.8 Å². The summed E-state index contributed by atoms with van der Waals surface area (Å²) in [6.07, 6.45) is -8.37. The zero-order chi connectivity index (χ0) is 28.7. The molecule has 0 aliphatic carbocycles. The maximum absolute atomic E-state index is 14.4. The van der Waals surface area contributed by atoms with Crippen LogP contribution < -0.4 is 5.56 Å². The highest BCUT2D eigenvalue weighted by Gasteiger charge is 2.37. The lowest BCUT2D eigenvalue weighted by atomic mass is 10.1. The Morgan fingerprint density at radius 3 is 2.15 bits per heavy atom. The van der Waals surface area contributed by atoms with E-state index in [1.165, 1.54) is 30.5 Å². The summed E-state index contributed by atoms with van der Waals surface area (Å²) in [5, 5.41) is 9.29. The molecular formula is C26H14F8N2O2S. The molecule has 0 fully saturated rings. The highest BCUT2D eigenvalue weighted by atomic mass is 32.2. The van der Waals surface area contributed by atoms with Crippen molar-refractivity contribution in [2.75, 3.05) is 6.26 Å². The Hall–Kier alpha value is -4.05. The number of benzene rings is 2. The fourth-order valence-electron chi connectivity index (χ4n) is 3.87. The topological polar surface area (TPSA) is 58.9 Å². The lowest BCUT2D eigenvalue weighted by Gasteiger charge is -2.17. The zero-order valence-electron chi connectivity index (χ0n) is 19.5. The quantitative estimate of drug-likeness (QED) is 0.182.